The summed E-state index contributed by atoms with van der Waals surface area (Å²) in [6, 6.07) is 7.64. The predicted octanol–water partition coefficient (Wildman–Crippen LogP) is 3.81. The van der Waals surface area contributed by atoms with Crippen molar-refractivity contribution in [3.8, 4) is 0 Å². The molecule has 0 saturated heterocycles. The minimum absolute atomic E-state index is 0.339. The van der Waals surface area contributed by atoms with Crippen molar-refractivity contribution >= 4 is 22.6 Å². The number of para-hydroxylation sites is 1. The molecule has 4 heteroatoms. The van der Waals surface area contributed by atoms with E-state index in [1.165, 1.54) is 11.4 Å². The van der Waals surface area contributed by atoms with E-state index in [1.807, 2.05) is 28.8 Å². The molecule has 0 saturated carbocycles. The number of aromatic carboxylic acids is 1. The molecule has 23 heavy (non-hydrogen) atoms. The maximum atomic E-state index is 11.5. The molecule has 4 aliphatic rings. The molecular weight excluding hydrogens is 288 g/mol. The average molecular weight is 302 g/mol. The summed E-state index contributed by atoms with van der Waals surface area (Å²) in [5.74, 6) is -0.413. The van der Waals surface area contributed by atoms with Crippen molar-refractivity contribution < 1.29 is 9.90 Å². The molecule has 1 aromatic carbocycles. The van der Waals surface area contributed by atoms with Crippen molar-refractivity contribution in [3.05, 3.63) is 77.9 Å². The molecule has 4 nitrogen and oxygen atoms in total. The van der Waals surface area contributed by atoms with Crippen molar-refractivity contribution in [1.29, 1.82) is 0 Å². The van der Waals surface area contributed by atoms with Gasteiger partial charge in [-0.05, 0) is 24.6 Å². The van der Waals surface area contributed by atoms with Crippen molar-refractivity contribution in [1.82, 2.24) is 9.47 Å². The fraction of sp³-hybridized carbons (Fsp3) is 0.105. The topological polar surface area (TPSA) is 45.5 Å². The molecule has 0 amide bonds. The van der Waals surface area contributed by atoms with E-state index in [1.54, 1.807) is 6.20 Å². The first kappa shape index (κ1) is 12.5. The minimum atomic E-state index is -0.894. The van der Waals surface area contributed by atoms with Crippen molar-refractivity contribution in [2.24, 2.45) is 5.92 Å². The van der Waals surface area contributed by atoms with Crippen LogP contribution in [0.2, 0.25) is 0 Å². The third-order valence-electron chi connectivity index (χ3n) is 4.73. The predicted molar refractivity (Wildman–Crippen MR) is 88.4 cm³/mol. The lowest BCUT2D eigenvalue weighted by Gasteiger charge is -2.39. The Morgan fingerprint density at radius 2 is 2.04 bits per heavy atom. The molecule has 0 aliphatic carbocycles. The van der Waals surface area contributed by atoms with E-state index >= 15 is 0 Å². The van der Waals surface area contributed by atoms with E-state index < -0.39 is 5.97 Å². The highest BCUT2D eigenvalue weighted by atomic mass is 16.4. The Morgan fingerprint density at radius 3 is 2.83 bits per heavy atom. The van der Waals surface area contributed by atoms with Crippen molar-refractivity contribution in [2.75, 3.05) is 0 Å². The summed E-state index contributed by atoms with van der Waals surface area (Å²) < 4.78 is 1.98. The van der Waals surface area contributed by atoms with Crippen LogP contribution >= 0.6 is 0 Å². The van der Waals surface area contributed by atoms with E-state index in [-0.39, 0.29) is 0 Å². The van der Waals surface area contributed by atoms with Crippen LogP contribution in [0.25, 0.3) is 16.6 Å². The fourth-order valence-corrected chi connectivity index (χ4v) is 3.68. The van der Waals surface area contributed by atoms with Gasteiger partial charge in [-0.3, -0.25) is 0 Å². The number of fused-ring (bicyclic) bond motifs is 1. The first-order valence-electron chi connectivity index (χ1n) is 7.66. The molecule has 0 spiro atoms. The van der Waals surface area contributed by atoms with Crippen LogP contribution in [0.1, 0.15) is 16.8 Å². The highest BCUT2D eigenvalue weighted by Gasteiger charge is 2.29. The number of aromatic nitrogens is 1. The van der Waals surface area contributed by atoms with Gasteiger partial charge < -0.3 is 14.6 Å². The minimum Gasteiger partial charge on any atom is -0.478 e. The summed E-state index contributed by atoms with van der Waals surface area (Å²) in [6.45, 7) is 0. The highest BCUT2D eigenvalue weighted by molar-refractivity contribution is 6.04. The van der Waals surface area contributed by atoms with Crippen LogP contribution in [0.3, 0.4) is 0 Å². The molecule has 1 aromatic heterocycles. The summed E-state index contributed by atoms with van der Waals surface area (Å²) >= 11 is 0. The summed E-state index contributed by atoms with van der Waals surface area (Å²) in [6.07, 6.45) is 13.6. The number of carbonyl (C=O) groups is 1. The van der Waals surface area contributed by atoms with Gasteiger partial charge in [-0.1, -0.05) is 30.4 Å². The van der Waals surface area contributed by atoms with Gasteiger partial charge in [0.25, 0.3) is 0 Å². The molecule has 1 atom stereocenters. The first-order valence-corrected chi connectivity index (χ1v) is 7.66. The molecule has 4 bridgehead atoms. The maximum absolute atomic E-state index is 11.5. The highest BCUT2D eigenvalue weighted by Crippen LogP contribution is 2.40. The number of carboxylic acids is 1. The summed E-state index contributed by atoms with van der Waals surface area (Å²) in [4.78, 5) is 13.7. The summed E-state index contributed by atoms with van der Waals surface area (Å²) in [5.41, 5.74) is 4.71. The van der Waals surface area contributed by atoms with E-state index in [9.17, 15) is 9.90 Å². The maximum Gasteiger partial charge on any atom is 0.337 e. The lowest BCUT2D eigenvalue weighted by atomic mass is 9.89. The number of benzene rings is 1. The Morgan fingerprint density at radius 1 is 1.17 bits per heavy atom. The zero-order valence-corrected chi connectivity index (χ0v) is 12.3. The summed E-state index contributed by atoms with van der Waals surface area (Å²) in [7, 11) is 0. The zero-order chi connectivity index (χ0) is 15.6. The molecule has 5 heterocycles. The zero-order valence-electron chi connectivity index (χ0n) is 12.3. The van der Waals surface area contributed by atoms with Crippen LogP contribution in [0.15, 0.2) is 72.4 Å². The molecule has 2 aromatic rings. The van der Waals surface area contributed by atoms with Gasteiger partial charge in [0.2, 0.25) is 0 Å². The van der Waals surface area contributed by atoms with E-state index in [0.717, 1.165) is 23.0 Å². The third-order valence-corrected chi connectivity index (χ3v) is 4.73. The van der Waals surface area contributed by atoms with Crippen LogP contribution in [0, 0.1) is 5.92 Å². The molecule has 4 aliphatic heterocycles. The van der Waals surface area contributed by atoms with Gasteiger partial charge in [0, 0.05) is 40.8 Å². The van der Waals surface area contributed by atoms with Crippen molar-refractivity contribution in [3.63, 3.8) is 0 Å². The lowest BCUT2D eigenvalue weighted by molar-refractivity contribution is 0.0699. The molecule has 112 valence electrons. The molecular formula is C19H14N2O2. The summed E-state index contributed by atoms with van der Waals surface area (Å²) in [5, 5.41) is 10.2. The number of hydrogen-bond donors (Lipinski definition) is 1. The quantitative estimate of drug-likeness (QED) is 0.917. The number of hydrogen-bond acceptors (Lipinski definition) is 2. The Kier molecular flexibility index (Phi) is 2.32. The second-order valence-corrected chi connectivity index (χ2v) is 6.11. The SMILES string of the molecule is O=C(O)c1cn(C2=CC3=CC4C=CN3C(=C2)C4)c2ccccc12. The normalized spacial score (nSPS) is 21.3. The van der Waals surface area contributed by atoms with Gasteiger partial charge in [0.15, 0.2) is 0 Å². The van der Waals surface area contributed by atoms with Gasteiger partial charge in [0.05, 0.1) is 11.1 Å². The van der Waals surface area contributed by atoms with Crippen LogP contribution in [0.5, 0.6) is 0 Å². The fourth-order valence-electron chi connectivity index (χ4n) is 3.68. The molecule has 1 unspecified atom stereocenters. The van der Waals surface area contributed by atoms with Crippen LogP contribution in [-0.2, 0) is 0 Å². The smallest absolute Gasteiger partial charge is 0.337 e. The number of nitrogens with zero attached hydrogens (tertiary/aromatic N) is 2. The average Bonchev–Trinajstić information content (AvgIpc) is 2.94. The van der Waals surface area contributed by atoms with Gasteiger partial charge >= 0.3 is 5.97 Å². The van der Waals surface area contributed by atoms with Crippen LogP contribution in [-0.4, -0.2) is 20.5 Å². The van der Waals surface area contributed by atoms with Gasteiger partial charge in [-0.2, -0.15) is 0 Å². The second kappa shape index (κ2) is 4.26. The first-order chi connectivity index (χ1) is 11.2. The number of allylic oxidation sites excluding steroid dienone is 6. The Balaban J connectivity index is 1.73. The number of carboxylic acid groups (broad SMARTS) is 1. The Hall–Kier alpha value is -3.01. The van der Waals surface area contributed by atoms with Crippen LogP contribution < -0.4 is 0 Å². The Bertz CT molecular complexity index is 988. The monoisotopic (exact) mass is 302 g/mol. The van der Waals surface area contributed by atoms with E-state index in [4.69, 9.17) is 0 Å². The standard InChI is InChI=1S/C19H14N2O2/c22-19(23)17-11-21(18-4-2-1-3-16(17)18)15-9-13-7-12-5-6-20(13)14(8-12)10-15/h1-7,9-12H,8H2,(H,22,23). The molecule has 0 radical (unpaired) electrons. The van der Waals surface area contributed by atoms with Gasteiger partial charge in [0.1, 0.15) is 0 Å². The largest absolute Gasteiger partial charge is 0.478 e. The van der Waals surface area contributed by atoms with Gasteiger partial charge in [-0.15, -0.1) is 0 Å². The van der Waals surface area contributed by atoms with E-state index in [2.05, 4.69) is 35.4 Å². The second-order valence-electron chi connectivity index (χ2n) is 6.11. The van der Waals surface area contributed by atoms with Gasteiger partial charge in [-0.25, -0.2) is 4.79 Å². The lowest BCUT2D eigenvalue weighted by Crippen LogP contribution is -2.29. The van der Waals surface area contributed by atoms with E-state index in [0.29, 0.717) is 11.5 Å². The molecule has 0 fully saturated rings. The Labute approximate surface area is 132 Å². The molecule has 6 rings (SSSR count). The molecule has 1 N–H and O–H groups in total. The number of rotatable bonds is 2. The van der Waals surface area contributed by atoms with Crippen molar-refractivity contribution in [2.45, 2.75) is 6.42 Å². The van der Waals surface area contributed by atoms with Crippen LogP contribution in [0.4, 0.5) is 0 Å². The third kappa shape index (κ3) is 1.69.